The summed E-state index contributed by atoms with van der Waals surface area (Å²) in [5.74, 6) is 0.427. The number of hydrogen-bond donors (Lipinski definition) is 1. The summed E-state index contributed by atoms with van der Waals surface area (Å²) in [4.78, 5) is 12.0. The quantitative estimate of drug-likeness (QED) is 0.282. The predicted molar refractivity (Wildman–Crippen MR) is 127 cm³/mol. The zero-order valence-electron chi connectivity index (χ0n) is 17.3. The number of hydrazone groups is 1. The second-order valence-corrected chi connectivity index (χ2v) is 8.00. The van der Waals surface area contributed by atoms with Crippen molar-refractivity contribution in [3.8, 4) is 11.5 Å². The highest BCUT2D eigenvalue weighted by Crippen LogP contribution is 2.37. The van der Waals surface area contributed by atoms with E-state index < -0.39 is 0 Å². The number of ether oxygens (including phenoxy) is 2. The first kappa shape index (κ1) is 23.8. The molecule has 3 rings (SSSR count). The summed E-state index contributed by atoms with van der Waals surface area (Å²) in [7, 11) is 0. The molecule has 0 aliphatic rings. The molecule has 0 bridgehead atoms. The molecule has 0 heterocycles. The second kappa shape index (κ2) is 11.6. The first-order chi connectivity index (χ1) is 15.5. The Bertz CT molecular complexity index is 1110. The minimum Gasteiger partial charge on any atom is -0.490 e. The third-order valence-corrected chi connectivity index (χ3v) is 5.30. The first-order valence-electron chi connectivity index (χ1n) is 9.85. The maximum atomic E-state index is 13.0. The summed E-state index contributed by atoms with van der Waals surface area (Å²) in [6.07, 6.45) is 1.61. The van der Waals surface area contributed by atoms with Crippen LogP contribution in [-0.4, -0.2) is 18.7 Å². The van der Waals surface area contributed by atoms with Crippen LogP contribution in [-0.2, 0) is 17.8 Å². The summed E-state index contributed by atoms with van der Waals surface area (Å²) >= 11 is 9.72. The third kappa shape index (κ3) is 6.80. The standard InChI is InChI=1S/C24H21BrClFN2O3/c1-2-31-22-12-17(14-28-29-23(30)13-16-7-9-19(27)10-8-16)11-20(25)24(22)32-15-18-5-3-4-6-21(18)26/h3-12,14H,2,13,15H2,1H3,(H,29,30)/b28-14+. The second-order valence-electron chi connectivity index (χ2n) is 6.74. The molecule has 8 heteroatoms. The number of rotatable bonds is 9. The van der Waals surface area contributed by atoms with Crippen LogP contribution >= 0.6 is 27.5 Å². The van der Waals surface area contributed by atoms with Gasteiger partial charge in [-0.15, -0.1) is 0 Å². The van der Waals surface area contributed by atoms with E-state index >= 15 is 0 Å². The summed E-state index contributed by atoms with van der Waals surface area (Å²) in [6, 6.07) is 16.8. The number of nitrogens with one attached hydrogen (secondary N) is 1. The van der Waals surface area contributed by atoms with Gasteiger partial charge in [0.15, 0.2) is 11.5 Å². The zero-order valence-corrected chi connectivity index (χ0v) is 19.6. The molecule has 0 fully saturated rings. The maximum Gasteiger partial charge on any atom is 0.244 e. The van der Waals surface area contributed by atoms with Gasteiger partial charge >= 0.3 is 0 Å². The van der Waals surface area contributed by atoms with Crippen molar-refractivity contribution in [2.75, 3.05) is 6.61 Å². The molecule has 0 aliphatic heterocycles. The Labute approximate surface area is 199 Å². The van der Waals surface area contributed by atoms with E-state index in [-0.39, 0.29) is 24.8 Å². The monoisotopic (exact) mass is 518 g/mol. The molecule has 32 heavy (non-hydrogen) atoms. The Balaban J connectivity index is 1.67. The van der Waals surface area contributed by atoms with Gasteiger partial charge in [-0.25, -0.2) is 9.82 Å². The maximum absolute atomic E-state index is 13.0. The van der Waals surface area contributed by atoms with Crippen molar-refractivity contribution in [3.05, 3.63) is 92.7 Å². The first-order valence-corrected chi connectivity index (χ1v) is 11.0. The molecule has 0 saturated heterocycles. The molecular weight excluding hydrogens is 499 g/mol. The van der Waals surface area contributed by atoms with Crippen LogP contribution in [0.5, 0.6) is 11.5 Å². The Morgan fingerprint density at radius 2 is 1.91 bits per heavy atom. The van der Waals surface area contributed by atoms with Crippen molar-refractivity contribution in [1.82, 2.24) is 5.43 Å². The van der Waals surface area contributed by atoms with Gasteiger partial charge in [0.2, 0.25) is 5.91 Å². The topological polar surface area (TPSA) is 59.9 Å². The molecule has 0 aromatic heterocycles. The predicted octanol–water partition coefficient (Wildman–Crippen LogP) is 5.91. The Morgan fingerprint density at radius 3 is 2.62 bits per heavy atom. The summed E-state index contributed by atoms with van der Waals surface area (Å²) in [5.41, 5.74) is 4.72. The number of carbonyl (C=O) groups is 1. The molecule has 0 spiro atoms. The lowest BCUT2D eigenvalue weighted by Gasteiger charge is -2.15. The number of hydrogen-bond acceptors (Lipinski definition) is 4. The highest BCUT2D eigenvalue weighted by molar-refractivity contribution is 9.10. The molecule has 0 saturated carbocycles. The minimum absolute atomic E-state index is 0.0976. The van der Waals surface area contributed by atoms with Crippen LogP contribution in [0.1, 0.15) is 23.6 Å². The van der Waals surface area contributed by atoms with Crippen LogP contribution in [0, 0.1) is 5.82 Å². The molecule has 166 valence electrons. The van der Waals surface area contributed by atoms with E-state index in [0.29, 0.717) is 38.7 Å². The van der Waals surface area contributed by atoms with Crippen LogP contribution < -0.4 is 14.9 Å². The molecule has 1 amide bonds. The minimum atomic E-state index is -0.345. The average molecular weight is 520 g/mol. The van der Waals surface area contributed by atoms with Crippen LogP contribution in [0.15, 0.2) is 70.2 Å². The molecule has 0 atom stereocenters. The normalized spacial score (nSPS) is 10.9. The number of halogens is 3. The van der Waals surface area contributed by atoms with Crippen molar-refractivity contribution in [1.29, 1.82) is 0 Å². The lowest BCUT2D eigenvalue weighted by molar-refractivity contribution is -0.120. The summed E-state index contributed by atoms with van der Waals surface area (Å²) < 4.78 is 25.3. The van der Waals surface area contributed by atoms with E-state index in [9.17, 15) is 9.18 Å². The van der Waals surface area contributed by atoms with Gasteiger partial charge in [-0.05, 0) is 64.3 Å². The van der Waals surface area contributed by atoms with Crippen molar-refractivity contribution < 1.29 is 18.7 Å². The van der Waals surface area contributed by atoms with E-state index in [1.165, 1.54) is 18.3 Å². The molecular formula is C24H21BrClFN2O3. The fourth-order valence-electron chi connectivity index (χ4n) is 2.84. The molecule has 3 aromatic rings. The number of carbonyl (C=O) groups excluding carboxylic acids is 1. The van der Waals surface area contributed by atoms with Gasteiger partial charge in [0.1, 0.15) is 12.4 Å². The fourth-order valence-corrected chi connectivity index (χ4v) is 3.60. The Morgan fingerprint density at radius 1 is 1.16 bits per heavy atom. The number of nitrogens with zero attached hydrogens (tertiary/aromatic N) is 1. The van der Waals surface area contributed by atoms with Crippen molar-refractivity contribution in [2.45, 2.75) is 20.0 Å². The van der Waals surface area contributed by atoms with E-state index in [0.717, 1.165) is 5.56 Å². The summed E-state index contributed by atoms with van der Waals surface area (Å²) in [5, 5.41) is 4.63. The van der Waals surface area contributed by atoms with Gasteiger partial charge in [0.25, 0.3) is 0 Å². The van der Waals surface area contributed by atoms with Gasteiger partial charge in [0.05, 0.1) is 23.7 Å². The van der Waals surface area contributed by atoms with Crippen LogP contribution in [0.3, 0.4) is 0 Å². The fraction of sp³-hybridized carbons (Fsp3) is 0.167. The van der Waals surface area contributed by atoms with Gasteiger partial charge < -0.3 is 9.47 Å². The molecule has 0 radical (unpaired) electrons. The largest absolute Gasteiger partial charge is 0.490 e. The van der Waals surface area contributed by atoms with Crippen LogP contribution in [0.4, 0.5) is 4.39 Å². The van der Waals surface area contributed by atoms with Gasteiger partial charge in [-0.2, -0.15) is 5.10 Å². The zero-order chi connectivity index (χ0) is 22.9. The van der Waals surface area contributed by atoms with Gasteiger partial charge in [-0.3, -0.25) is 4.79 Å². The Kier molecular flexibility index (Phi) is 8.64. The average Bonchev–Trinajstić information content (AvgIpc) is 2.76. The third-order valence-electron chi connectivity index (χ3n) is 4.34. The molecule has 1 N–H and O–H groups in total. The lowest BCUT2D eigenvalue weighted by atomic mass is 10.1. The van der Waals surface area contributed by atoms with Crippen LogP contribution in [0.25, 0.3) is 0 Å². The molecule has 3 aromatic carbocycles. The molecule has 0 unspecified atom stereocenters. The molecule has 5 nitrogen and oxygen atoms in total. The lowest BCUT2D eigenvalue weighted by Crippen LogP contribution is -2.19. The van der Waals surface area contributed by atoms with Crippen molar-refractivity contribution in [3.63, 3.8) is 0 Å². The van der Waals surface area contributed by atoms with E-state index in [1.807, 2.05) is 31.2 Å². The van der Waals surface area contributed by atoms with Gasteiger partial charge in [-0.1, -0.05) is 41.9 Å². The number of benzene rings is 3. The number of amides is 1. The highest BCUT2D eigenvalue weighted by atomic mass is 79.9. The van der Waals surface area contributed by atoms with Crippen LogP contribution in [0.2, 0.25) is 5.02 Å². The van der Waals surface area contributed by atoms with Crippen molar-refractivity contribution in [2.24, 2.45) is 5.10 Å². The molecule has 0 aliphatic carbocycles. The SMILES string of the molecule is CCOc1cc(/C=N/NC(=O)Cc2ccc(F)cc2)cc(Br)c1OCc1ccccc1Cl. The van der Waals surface area contributed by atoms with E-state index in [2.05, 4.69) is 26.5 Å². The van der Waals surface area contributed by atoms with Crippen molar-refractivity contribution >= 4 is 39.7 Å². The highest BCUT2D eigenvalue weighted by Gasteiger charge is 2.13. The van der Waals surface area contributed by atoms with E-state index in [4.69, 9.17) is 21.1 Å². The summed E-state index contributed by atoms with van der Waals surface area (Å²) in [6.45, 7) is 2.61. The Hall–Kier alpha value is -2.90. The smallest absolute Gasteiger partial charge is 0.244 e. The van der Waals surface area contributed by atoms with Gasteiger partial charge in [0, 0.05) is 10.6 Å². The van der Waals surface area contributed by atoms with E-state index in [1.54, 1.807) is 24.3 Å².